The zero-order chi connectivity index (χ0) is 79.6. The summed E-state index contributed by atoms with van der Waals surface area (Å²) in [5.41, 5.74) is 14.1. The highest BCUT2D eigenvalue weighted by molar-refractivity contribution is 9.11. The van der Waals surface area contributed by atoms with Crippen molar-refractivity contribution in [1.82, 2.24) is 0 Å². The number of esters is 2. The van der Waals surface area contributed by atoms with E-state index in [9.17, 15) is 24.3 Å². The number of nitrogens with two attached hydrogens (primary N) is 1. The number of aromatic hydroxyl groups is 1. The number of aliphatic carboxylic acids is 1. The number of nitriles is 1. The lowest BCUT2D eigenvalue weighted by atomic mass is 9.87. The fraction of sp³-hybridized carbons (Fsp3) is 0.578. The van der Waals surface area contributed by atoms with Crippen LogP contribution >= 0.6 is 91.3 Å². The summed E-state index contributed by atoms with van der Waals surface area (Å²) >= 11 is 23.0. The zero-order valence-electron chi connectivity index (χ0n) is 66.2. The minimum atomic E-state index is -0.762. The number of carbonyl (C=O) groups excluding carboxylic acids is 3. The maximum atomic E-state index is 12.1. The zero-order valence-corrected chi connectivity index (χ0v) is 74.9. The van der Waals surface area contributed by atoms with Gasteiger partial charge in [-0.2, -0.15) is 5.26 Å². The van der Waals surface area contributed by atoms with Gasteiger partial charge in [0.1, 0.15) is 28.7 Å². The molecule has 0 spiro atoms. The van der Waals surface area contributed by atoms with Gasteiger partial charge in [0, 0.05) is 50.3 Å². The number of ether oxygens (including phenoxy) is 6. The van der Waals surface area contributed by atoms with Crippen molar-refractivity contribution in [2.75, 3.05) is 45.5 Å². The molecule has 0 bridgehead atoms. The molecule has 0 saturated carbocycles. The van der Waals surface area contributed by atoms with Gasteiger partial charge in [-0.25, -0.2) is 0 Å². The van der Waals surface area contributed by atoms with Gasteiger partial charge in [-0.15, -0.1) is 11.6 Å². The number of nitrogens with zero attached hydrogens (tertiary/aromatic N) is 1. The summed E-state index contributed by atoms with van der Waals surface area (Å²) in [5, 5.41) is 27.2. The van der Waals surface area contributed by atoms with E-state index >= 15 is 0 Å². The Morgan fingerprint density at radius 3 is 1.10 bits per heavy atom. The SMILES string of the molecule is CC(C)COC(=O)C(C)(C)CCCCl.Cc1cc(Br)c(C)c(OCCCC(C)(C)C(=O)O)c1.Cc1cc(Br)c(C)c(OCCCC(C)(C)C(=O)OCC(C)C)c1.Cc1cc(O)c(C)c(Br)c1.Cc1cc(OCCCC(C)(C)C#N)c(C)cc1Br.Cc1cc(OCCCC(C)(C)C(N)=O)c(C)cc1Br. The lowest BCUT2D eigenvalue weighted by molar-refractivity contribution is -0.156. The maximum Gasteiger partial charge on any atom is 0.311 e. The lowest BCUT2D eigenvalue weighted by Crippen LogP contribution is -2.31. The number of phenolic OH excluding ortho intramolecular Hbond substituents is 1. The molecule has 0 aliphatic rings. The molecule has 20 heteroatoms. The molecule has 0 aliphatic carbocycles. The molecule has 0 unspecified atom stereocenters. The molecular weight excluding hydrogens is 1650 g/mol. The third-order valence-corrected chi connectivity index (χ3v) is 21.2. The second-order valence-electron chi connectivity index (χ2n) is 30.7. The highest BCUT2D eigenvalue weighted by Crippen LogP contribution is 2.34. The van der Waals surface area contributed by atoms with E-state index in [4.69, 9.17) is 56.1 Å². The predicted molar refractivity (Wildman–Crippen MR) is 442 cm³/mol. The molecule has 0 saturated heterocycles. The third-order valence-electron chi connectivity index (χ3n) is 16.8. The smallest absolute Gasteiger partial charge is 0.311 e. The number of aryl methyl sites for hydroxylation is 7. The maximum absolute atomic E-state index is 12.1. The number of carbonyl (C=O) groups is 4. The van der Waals surface area contributed by atoms with Crippen LogP contribution in [0.2, 0.25) is 0 Å². The number of carboxylic acids is 1. The quantitative estimate of drug-likeness (QED) is 0.0214. The lowest BCUT2D eigenvalue weighted by Gasteiger charge is -2.23. The second-order valence-corrected chi connectivity index (χ2v) is 35.3. The van der Waals surface area contributed by atoms with Crippen LogP contribution in [0.1, 0.15) is 217 Å². The van der Waals surface area contributed by atoms with Crippen LogP contribution in [0.15, 0.2) is 83.0 Å². The molecule has 5 rings (SSSR count). The summed E-state index contributed by atoms with van der Waals surface area (Å²) in [4.78, 5) is 45.9. The molecule has 5 aromatic rings. The van der Waals surface area contributed by atoms with E-state index in [1.807, 2.05) is 170 Å². The highest BCUT2D eigenvalue weighted by atomic mass is 79.9. The fourth-order valence-corrected chi connectivity index (χ4v) is 11.9. The Hall–Kier alpha value is -4.84. The summed E-state index contributed by atoms with van der Waals surface area (Å²) in [5.74, 6) is 4.04. The Morgan fingerprint density at radius 2 is 0.767 bits per heavy atom. The molecule has 0 heterocycles. The molecule has 14 nitrogen and oxygen atoms in total. The molecule has 0 aromatic heterocycles. The summed E-state index contributed by atoms with van der Waals surface area (Å²) in [6.07, 6.45) is 7.83. The van der Waals surface area contributed by atoms with Crippen molar-refractivity contribution in [3.63, 3.8) is 0 Å². The average Bonchev–Trinajstić information content (AvgIpc) is 0.868. The highest BCUT2D eigenvalue weighted by Gasteiger charge is 2.31. The number of primary amides is 1. The van der Waals surface area contributed by atoms with Gasteiger partial charge in [0.25, 0.3) is 0 Å². The van der Waals surface area contributed by atoms with Crippen molar-refractivity contribution in [2.24, 2.45) is 44.6 Å². The molecular formula is C83H122Br5ClN2O12. The van der Waals surface area contributed by atoms with Crippen LogP contribution in [0.5, 0.6) is 28.7 Å². The van der Waals surface area contributed by atoms with Gasteiger partial charge in [-0.05, 0) is 300 Å². The average molecular weight is 1770 g/mol. The van der Waals surface area contributed by atoms with Crippen LogP contribution < -0.4 is 24.7 Å². The first kappa shape index (κ1) is 98.2. The minimum Gasteiger partial charge on any atom is -0.508 e. The first-order chi connectivity index (χ1) is 47.5. The molecule has 0 aliphatic heterocycles. The Labute approximate surface area is 666 Å². The monoisotopic (exact) mass is 1770 g/mol. The van der Waals surface area contributed by atoms with Crippen LogP contribution in [-0.4, -0.2) is 79.5 Å². The normalized spacial score (nSPS) is 11.3. The van der Waals surface area contributed by atoms with Crippen LogP contribution in [0.25, 0.3) is 0 Å². The number of amides is 1. The molecule has 0 radical (unpaired) electrons. The van der Waals surface area contributed by atoms with E-state index in [1.54, 1.807) is 19.9 Å². The van der Waals surface area contributed by atoms with Crippen molar-refractivity contribution in [1.29, 1.82) is 5.26 Å². The number of rotatable bonds is 31. The van der Waals surface area contributed by atoms with Gasteiger partial charge in [-0.1, -0.05) is 121 Å². The van der Waals surface area contributed by atoms with Crippen LogP contribution in [0.4, 0.5) is 0 Å². The first-order valence-electron chi connectivity index (χ1n) is 35.4. The number of hydrogen-bond acceptors (Lipinski definition) is 12. The van der Waals surface area contributed by atoms with Gasteiger partial charge in [0.05, 0.1) is 67.4 Å². The van der Waals surface area contributed by atoms with Crippen molar-refractivity contribution in [3.8, 4) is 34.8 Å². The Kier molecular flexibility index (Phi) is 45.5. The van der Waals surface area contributed by atoms with Crippen molar-refractivity contribution in [3.05, 3.63) is 139 Å². The number of alkyl halides is 1. The fourth-order valence-electron chi connectivity index (χ4n) is 9.14. The van der Waals surface area contributed by atoms with Crippen molar-refractivity contribution >= 4 is 115 Å². The first-order valence-corrected chi connectivity index (χ1v) is 39.9. The molecule has 4 N–H and O–H groups in total. The summed E-state index contributed by atoms with van der Waals surface area (Å²) in [6.45, 7) is 50.4. The van der Waals surface area contributed by atoms with Crippen molar-refractivity contribution in [2.45, 2.75) is 230 Å². The Bertz CT molecular complexity index is 3500. The van der Waals surface area contributed by atoms with E-state index in [2.05, 4.69) is 123 Å². The minimum absolute atomic E-state index is 0.115. The Morgan fingerprint density at radius 1 is 0.447 bits per heavy atom. The second kappa shape index (κ2) is 47.8. The number of hydrogen-bond donors (Lipinski definition) is 3. The molecule has 1 amide bonds. The molecule has 103 heavy (non-hydrogen) atoms. The summed E-state index contributed by atoms with van der Waals surface area (Å²) < 4.78 is 39.0. The van der Waals surface area contributed by atoms with E-state index in [1.165, 1.54) is 5.56 Å². The summed E-state index contributed by atoms with van der Waals surface area (Å²) in [7, 11) is 0. The standard InChI is InChI=1S/C19H29BrO3.C15H22BrNO2.C15H20BrNO.C15H21BrO3.C11H21ClO2.C8H9BrO/c1-13(2)12-23-18(21)19(5,6)8-7-9-22-17-11-14(3)10-16(20)15(17)4;1-10-9-13(11(2)8-12(10)16)19-7-5-6-15(3,4)14(17)18;1-11-9-14(12(2)8-13(11)16)18-7-5-6-15(3,4)10-17;1-10-8-12(16)11(2)13(9-10)19-7-5-6-15(3,4)14(17)18;1-9(2)8-14-10(13)11(3,4)6-5-7-12;1-5-3-7(9)6(2)8(10)4-5/h10-11,13H,7-9,12H2,1-6H3;8-9H,5-7H2,1-4H3,(H2,17,18);8-9H,5-7H2,1-4H3;8-9H,5-7H2,1-4H3,(H,17,18);9H,5-8H2,1-4H3;3-4,10H,1-2H3. The largest absolute Gasteiger partial charge is 0.508 e. The molecule has 5 aromatic carbocycles. The predicted octanol–water partition coefficient (Wildman–Crippen LogP) is 24.3. The topological polar surface area (TPSA) is 214 Å². The molecule has 578 valence electrons. The molecule has 0 atom stereocenters. The van der Waals surface area contributed by atoms with Gasteiger partial charge in [-0.3, -0.25) is 19.2 Å². The number of benzene rings is 5. The van der Waals surface area contributed by atoms with Crippen LogP contribution in [0, 0.1) is 119 Å². The number of halogens is 6. The van der Waals surface area contributed by atoms with Gasteiger partial charge in [0.15, 0.2) is 0 Å². The van der Waals surface area contributed by atoms with E-state index in [0.29, 0.717) is 69.5 Å². The van der Waals surface area contributed by atoms with Gasteiger partial charge >= 0.3 is 17.9 Å². The van der Waals surface area contributed by atoms with Crippen LogP contribution in [-0.2, 0) is 28.7 Å². The van der Waals surface area contributed by atoms with Gasteiger partial charge in [0.2, 0.25) is 5.91 Å². The molecule has 0 fully saturated rings. The van der Waals surface area contributed by atoms with Crippen LogP contribution in [0.3, 0.4) is 0 Å². The van der Waals surface area contributed by atoms with Gasteiger partial charge < -0.3 is 44.4 Å². The Balaban J connectivity index is 0.00000123. The van der Waals surface area contributed by atoms with E-state index < -0.39 is 27.6 Å². The number of carboxylic acid groups (broad SMARTS) is 1. The number of phenols is 1. The van der Waals surface area contributed by atoms with Crippen molar-refractivity contribution < 1.29 is 57.8 Å². The third kappa shape index (κ3) is 39.5. The summed E-state index contributed by atoms with van der Waals surface area (Å²) in [6, 6.07) is 22.4. The van der Waals surface area contributed by atoms with E-state index in [0.717, 1.165) is 153 Å². The van der Waals surface area contributed by atoms with E-state index in [-0.39, 0.29) is 23.3 Å².